The Kier molecular flexibility index (Phi) is 4.36. The van der Waals surface area contributed by atoms with Gasteiger partial charge in [0, 0.05) is 24.7 Å². The van der Waals surface area contributed by atoms with Crippen LogP contribution in [-0.4, -0.2) is 40.0 Å². The van der Waals surface area contributed by atoms with Gasteiger partial charge in [-0.15, -0.1) is 0 Å². The van der Waals surface area contributed by atoms with Crippen LogP contribution in [0.25, 0.3) is 10.9 Å². The maximum atomic E-state index is 13.6. The van der Waals surface area contributed by atoms with Gasteiger partial charge in [0.15, 0.2) is 0 Å². The van der Waals surface area contributed by atoms with Crippen molar-refractivity contribution in [3.8, 4) is 0 Å². The number of rotatable bonds is 2. The first-order chi connectivity index (χ1) is 11.8. The number of carbonyl (C=O) groups excluding carboxylic acids is 1. The molecule has 2 heterocycles. The molecule has 0 bridgehead atoms. The summed E-state index contributed by atoms with van der Waals surface area (Å²) in [6, 6.07) is 5.74. The third-order valence-electron chi connectivity index (χ3n) is 4.35. The van der Waals surface area contributed by atoms with Gasteiger partial charge in [0.2, 0.25) is 0 Å². The number of likely N-dealkylation sites (tertiary alicyclic amines) is 1. The molecular formula is C17H15F3N2O3. The molecule has 0 saturated carbocycles. The number of carbonyl (C=O) groups is 2. The number of aliphatic carboxylic acids is 1. The molecular weight excluding hydrogens is 337 g/mol. The first-order valence-corrected chi connectivity index (χ1v) is 7.76. The maximum Gasteiger partial charge on any atom is 0.417 e. The van der Waals surface area contributed by atoms with Gasteiger partial charge in [0.05, 0.1) is 22.6 Å². The Hall–Kier alpha value is -2.64. The van der Waals surface area contributed by atoms with Crippen molar-refractivity contribution in [1.29, 1.82) is 0 Å². The van der Waals surface area contributed by atoms with Gasteiger partial charge in [-0.3, -0.25) is 14.6 Å². The SMILES string of the molecule is O=C(O)C1CCCN(C(=O)c2cnc3ccccc3c2C(F)(F)F)C1. The molecule has 2 aromatic rings. The summed E-state index contributed by atoms with van der Waals surface area (Å²) in [5, 5.41) is 8.96. The Balaban J connectivity index is 2.06. The Morgan fingerprint density at radius 1 is 1.24 bits per heavy atom. The van der Waals surface area contributed by atoms with Crippen LogP contribution in [0.4, 0.5) is 13.2 Å². The molecule has 0 spiro atoms. The largest absolute Gasteiger partial charge is 0.481 e. The highest BCUT2D eigenvalue weighted by Crippen LogP contribution is 2.37. The van der Waals surface area contributed by atoms with Gasteiger partial charge in [-0.25, -0.2) is 0 Å². The number of fused-ring (bicyclic) bond motifs is 1. The van der Waals surface area contributed by atoms with Crippen LogP contribution in [-0.2, 0) is 11.0 Å². The second-order valence-electron chi connectivity index (χ2n) is 5.99. The highest BCUT2D eigenvalue weighted by Gasteiger charge is 2.39. The van der Waals surface area contributed by atoms with E-state index in [4.69, 9.17) is 5.11 Å². The molecule has 25 heavy (non-hydrogen) atoms. The lowest BCUT2D eigenvalue weighted by atomic mass is 9.96. The van der Waals surface area contributed by atoms with Crippen molar-refractivity contribution in [3.63, 3.8) is 0 Å². The van der Waals surface area contributed by atoms with E-state index in [2.05, 4.69) is 4.98 Å². The number of alkyl halides is 3. The lowest BCUT2D eigenvalue weighted by Crippen LogP contribution is -2.43. The molecule has 1 aliphatic heterocycles. The fraction of sp³-hybridized carbons (Fsp3) is 0.353. The number of carboxylic acid groups (broad SMARTS) is 1. The molecule has 1 fully saturated rings. The van der Waals surface area contributed by atoms with E-state index in [-0.39, 0.29) is 24.0 Å². The van der Waals surface area contributed by atoms with Gasteiger partial charge in [-0.1, -0.05) is 18.2 Å². The number of nitrogens with zero attached hydrogens (tertiary/aromatic N) is 2. The van der Waals surface area contributed by atoms with Crippen LogP contribution < -0.4 is 0 Å². The predicted octanol–water partition coefficient (Wildman–Crippen LogP) is 3.19. The number of carboxylic acids is 1. The fourth-order valence-electron chi connectivity index (χ4n) is 3.14. The van der Waals surface area contributed by atoms with Gasteiger partial charge in [0.25, 0.3) is 5.91 Å². The zero-order valence-electron chi connectivity index (χ0n) is 13.1. The van der Waals surface area contributed by atoms with Crippen molar-refractivity contribution < 1.29 is 27.9 Å². The first kappa shape index (κ1) is 17.2. The Morgan fingerprint density at radius 2 is 1.96 bits per heavy atom. The minimum absolute atomic E-state index is 0.0989. The minimum atomic E-state index is -4.73. The molecule has 1 saturated heterocycles. The molecule has 1 unspecified atom stereocenters. The summed E-state index contributed by atoms with van der Waals surface area (Å²) in [4.78, 5) is 28.9. The van der Waals surface area contributed by atoms with E-state index >= 15 is 0 Å². The Bertz CT molecular complexity index is 835. The zero-order chi connectivity index (χ0) is 18.2. The molecule has 132 valence electrons. The normalized spacial score (nSPS) is 18.4. The van der Waals surface area contributed by atoms with Crippen molar-refractivity contribution in [1.82, 2.24) is 9.88 Å². The van der Waals surface area contributed by atoms with E-state index in [1.165, 1.54) is 23.1 Å². The monoisotopic (exact) mass is 352 g/mol. The second-order valence-corrected chi connectivity index (χ2v) is 5.99. The summed E-state index contributed by atoms with van der Waals surface area (Å²) < 4.78 is 40.9. The van der Waals surface area contributed by atoms with Crippen LogP contribution in [0, 0.1) is 5.92 Å². The van der Waals surface area contributed by atoms with Crippen LogP contribution in [0.15, 0.2) is 30.5 Å². The van der Waals surface area contributed by atoms with Crippen molar-refractivity contribution in [2.24, 2.45) is 5.92 Å². The average molecular weight is 352 g/mol. The van der Waals surface area contributed by atoms with E-state index in [1.807, 2.05) is 0 Å². The smallest absolute Gasteiger partial charge is 0.417 e. The van der Waals surface area contributed by atoms with E-state index in [0.29, 0.717) is 12.8 Å². The Morgan fingerprint density at radius 3 is 2.64 bits per heavy atom. The number of piperidine rings is 1. The minimum Gasteiger partial charge on any atom is -0.481 e. The van der Waals surface area contributed by atoms with Crippen molar-refractivity contribution in [2.75, 3.05) is 13.1 Å². The zero-order valence-corrected chi connectivity index (χ0v) is 13.1. The van der Waals surface area contributed by atoms with Crippen molar-refractivity contribution in [2.45, 2.75) is 19.0 Å². The third kappa shape index (κ3) is 3.29. The van der Waals surface area contributed by atoms with E-state index < -0.39 is 35.1 Å². The van der Waals surface area contributed by atoms with Crippen molar-refractivity contribution in [3.05, 3.63) is 41.6 Å². The maximum absolute atomic E-state index is 13.6. The van der Waals surface area contributed by atoms with Crippen LogP contribution in [0.5, 0.6) is 0 Å². The summed E-state index contributed by atoms with van der Waals surface area (Å²) in [6.45, 7) is 0.130. The van der Waals surface area contributed by atoms with Crippen molar-refractivity contribution >= 4 is 22.8 Å². The molecule has 0 radical (unpaired) electrons. The summed E-state index contributed by atoms with van der Waals surface area (Å²) >= 11 is 0. The predicted molar refractivity (Wildman–Crippen MR) is 83.0 cm³/mol. The van der Waals surface area contributed by atoms with Crippen LogP contribution in [0.1, 0.15) is 28.8 Å². The number of hydrogen-bond acceptors (Lipinski definition) is 3. The van der Waals surface area contributed by atoms with Gasteiger partial charge in [-0.05, 0) is 18.9 Å². The molecule has 1 aliphatic rings. The molecule has 1 aromatic carbocycles. The quantitative estimate of drug-likeness (QED) is 0.901. The standard InChI is InChI=1S/C17H15F3N2O3/c18-17(19,20)14-11-5-1-2-6-13(11)21-8-12(14)15(23)22-7-3-4-10(9-22)16(24)25/h1-2,5-6,8,10H,3-4,7,9H2,(H,24,25). The van der Waals surface area contributed by atoms with Gasteiger partial charge < -0.3 is 10.0 Å². The molecule has 1 aromatic heterocycles. The number of halogens is 3. The lowest BCUT2D eigenvalue weighted by molar-refractivity contribution is -0.143. The fourth-order valence-corrected chi connectivity index (χ4v) is 3.14. The van der Waals surface area contributed by atoms with E-state index in [1.54, 1.807) is 6.07 Å². The molecule has 8 heteroatoms. The molecule has 1 N–H and O–H groups in total. The number of hydrogen-bond donors (Lipinski definition) is 1. The number of benzene rings is 1. The second kappa shape index (κ2) is 6.34. The third-order valence-corrected chi connectivity index (χ3v) is 4.35. The number of aromatic nitrogens is 1. The van der Waals surface area contributed by atoms with Gasteiger partial charge in [0.1, 0.15) is 0 Å². The van der Waals surface area contributed by atoms with Gasteiger partial charge in [-0.2, -0.15) is 13.2 Å². The average Bonchev–Trinajstić information content (AvgIpc) is 2.59. The van der Waals surface area contributed by atoms with Crippen LogP contribution in [0.2, 0.25) is 0 Å². The molecule has 1 atom stereocenters. The van der Waals surface area contributed by atoms with E-state index in [0.717, 1.165) is 6.20 Å². The molecule has 5 nitrogen and oxygen atoms in total. The summed E-state index contributed by atoms with van der Waals surface area (Å²) in [5.74, 6) is -2.65. The number of amides is 1. The number of pyridine rings is 1. The van der Waals surface area contributed by atoms with Crippen LogP contribution >= 0.6 is 0 Å². The molecule has 0 aliphatic carbocycles. The van der Waals surface area contributed by atoms with E-state index in [9.17, 15) is 22.8 Å². The van der Waals surface area contributed by atoms with Crippen LogP contribution in [0.3, 0.4) is 0 Å². The molecule has 3 rings (SSSR count). The summed E-state index contributed by atoms with van der Waals surface area (Å²) in [7, 11) is 0. The van der Waals surface area contributed by atoms with Gasteiger partial charge >= 0.3 is 12.1 Å². The first-order valence-electron chi connectivity index (χ1n) is 7.76. The Labute approximate surface area is 141 Å². The lowest BCUT2D eigenvalue weighted by Gasteiger charge is -2.31. The summed E-state index contributed by atoms with van der Waals surface area (Å²) in [5.41, 5.74) is -1.42. The summed E-state index contributed by atoms with van der Waals surface area (Å²) in [6.07, 6.45) is -2.96. The highest BCUT2D eigenvalue weighted by molar-refractivity contribution is 6.00. The number of para-hydroxylation sites is 1. The highest BCUT2D eigenvalue weighted by atomic mass is 19.4. The topological polar surface area (TPSA) is 70.5 Å². The molecule has 1 amide bonds.